The highest BCUT2D eigenvalue weighted by atomic mass is 28.4. The van der Waals surface area contributed by atoms with E-state index in [0.717, 1.165) is 33.4 Å². The predicted molar refractivity (Wildman–Crippen MR) is 414 cm³/mol. The first kappa shape index (κ1) is 84.4. The van der Waals surface area contributed by atoms with E-state index in [1.165, 1.54) is 10.0 Å². The Hall–Kier alpha value is -6.83. The molecule has 8 rings (SSSR count). The van der Waals surface area contributed by atoms with Gasteiger partial charge in [-0.1, -0.05) is 196 Å². The molecule has 0 aliphatic rings. The number of anilines is 2. The Labute approximate surface area is 621 Å². The Morgan fingerprint density at radius 3 is 0.788 bits per heavy atom. The van der Waals surface area contributed by atoms with Gasteiger partial charge in [0.25, 0.3) is 0 Å². The highest BCUT2D eigenvalue weighted by Gasteiger charge is 2.54. The van der Waals surface area contributed by atoms with E-state index in [0.29, 0.717) is 43.0 Å². The third-order valence-electron chi connectivity index (χ3n) is 15.3. The lowest BCUT2D eigenvalue weighted by atomic mass is 10.2. The zero-order valence-electron chi connectivity index (χ0n) is 63.2. The lowest BCUT2D eigenvalue weighted by Gasteiger charge is -2.39. The van der Waals surface area contributed by atoms with Crippen molar-refractivity contribution in [1.29, 1.82) is 0 Å². The Bertz CT molecular complexity index is 3430. The molecule has 8 aromatic rings. The van der Waals surface area contributed by atoms with Crippen LogP contribution in [0.2, 0.25) is 11.1 Å². The summed E-state index contributed by atoms with van der Waals surface area (Å²) in [7, 11) is -14.5. The number of benzene rings is 6. The molecule has 0 bridgehead atoms. The van der Waals surface area contributed by atoms with Crippen LogP contribution in [-0.2, 0) is 106 Å². The van der Waals surface area contributed by atoms with Crippen molar-refractivity contribution in [2.45, 2.75) is 197 Å². The van der Waals surface area contributed by atoms with Gasteiger partial charge in [0.15, 0.2) is 0 Å². The first-order chi connectivity index (χ1) is 49.9. The minimum Gasteiger partial charge on any atom is -0.371 e. The fraction of sp³-hybridized carbons (Fsp3) is 0.447. The van der Waals surface area contributed by atoms with Gasteiger partial charge in [-0.05, 0) is 130 Å². The number of aromatic nitrogens is 6. The summed E-state index contributed by atoms with van der Waals surface area (Å²) in [6.45, 7) is 29.9. The van der Waals surface area contributed by atoms with Crippen molar-refractivity contribution >= 4 is 58.0 Å². The van der Waals surface area contributed by atoms with Crippen molar-refractivity contribution < 1.29 is 53.1 Å². The molecule has 2 heterocycles. The predicted octanol–water partition coefficient (Wildman–Crippen LogP) is 10.9. The van der Waals surface area contributed by atoms with Gasteiger partial charge in [0.05, 0.1) is 39.6 Å². The van der Waals surface area contributed by atoms with Gasteiger partial charge in [-0.25, -0.2) is 21.7 Å². The lowest BCUT2D eigenvalue weighted by Crippen LogP contribution is -2.63. The zero-order valence-corrected chi connectivity index (χ0v) is 67.2. The first-order valence-corrected chi connectivity index (χ1v) is 43.0. The fourth-order valence-electron chi connectivity index (χ4n) is 10.8. The van der Waals surface area contributed by atoms with E-state index in [2.05, 4.69) is 4.98 Å². The van der Waals surface area contributed by atoms with E-state index >= 15 is 0 Å². The van der Waals surface area contributed by atoms with Gasteiger partial charge in [0.2, 0.25) is 22.8 Å². The summed E-state index contributed by atoms with van der Waals surface area (Å²) in [6.07, 6.45) is -0.126. The lowest BCUT2D eigenvalue weighted by molar-refractivity contribution is -0.00348. The molecule has 104 heavy (non-hydrogen) atoms. The van der Waals surface area contributed by atoms with Crippen LogP contribution in [-0.4, -0.2) is 128 Å². The Kier molecular flexibility index (Phi) is 34.5. The molecule has 2 aromatic heterocycles. The van der Waals surface area contributed by atoms with Crippen LogP contribution in [0.15, 0.2) is 182 Å². The summed E-state index contributed by atoms with van der Waals surface area (Å²) < 4.78 is 79.7. The quantitative estimate of drug-likeness (QED) is 0.0157. The Morgan fingerprint density at radius 2 is 0.538 bits per heavy atom. The van der Waals surface area contributed by atoms with Crippen molar-refractivity contribution in [2.24, 2.45) is 23.2 Å². The normalized spacial score (nSPS) is 12.9. The number of hydrogen-bond donors (Lipinski definition) is 4. The summed E-state index contributed by atoms with van der Waals surface area (Å²) in [6, 6.07) is 59.6. The molecule has 0 saturated heterocycles. The van der Waals surface area contributed by atoms with Crippen LogP contribution in [0, 0.1) is 0 Å². The van der Waals surface area contributed by atoms with Gasteiger partial charge in [-0.2, -0.15) is 19.9 Å². The van der Waals surface area contributed by atoms with Crippen molar-refractivity contribution in [3.05, 3.63) is 227 Å². The maximum absolute atomic E-state index is 7.08. The topological polar surface area (TPSA) is 299 Å². The largest absolute Gasteiger partial charge is 0.577 e. The average molecular weight is 1500 g/mol. The van der Waals surface area contributed by atoms with Gasteiger partial charge >= 0.3 is 35.2 Å². The van der Waals surface area contributed by atoms with Crippen LogP contribution in [0.1, 0.15) is 142 Å². The summed E-state index contributed by atoms with van der Waals surface area (Å²) in [5, 5.41) is 2.97. The van der Waals surface area contributed by atoms with E-state index < -0.39 is 40.8 Å². The van der Waals surface area contributed by atoms with E-state index in [4.69, 9.17) is 101 Å². The molecule has 0 aliphatic heterocycles. The molecule has 0 amide bonds. The molecule has 2 unspecified atom stereocenters. The first-order valence-electron chi connectivity index (χ1n) is 36.0. The maximum atomic E-state index is 7.08. The van der Waals surface area contributed by atoms with Crippen molar-refractivity contribution in [2.75, 3.05) is 36.2 Å². The zero-order chi connectivity index (χ0) is 75.1. The molecule has 24 nitrogen and oxygen atoms in total. The van der Waals surface area contributed by atoms with Crippen LogP contribution >= 0.6 is 0 Å². The van der Waals surface area contributed by atoms with Crippen LogP contribution in [0.25, 0.3) is 0 Å². The number of rotatable bonds is 44. The molecule has 6 aromatic carbocycles. The minimum atomic E-state index is -4.04. The molecule has 28 heteroatoms. The second kappa shape index (κ2) is 42.5. The second-order valence-electron chi connectivity index (χ2n) is 26.9. The van der Waals surface area contributed by atoms with Crippen LogP contribution in [0.3, 0.4) is 0 Å². The molecule has 0 radical (unpaired) electrons. The smallest absolute Gasteiger partial charge is 0.371 e. The van der Waals surface area contributed by atoms with E-state index in [9.17, 15) is 0 Å². The van der Waals surface area contributed by atoms with Crippen LogP contribution in [0.4, 0.5) is 11.9 Å². The van der Waals surface area contributed by atoms with Crippen LogP contribution < -0.4 is 44.1 Å². The third kappa shape index (κ3) is 26.9. The van der Waals surface area contributed by atoms with Gasteiger partial charge < -0.3 is 64.6 Å². The molecular formula is C76H112N12O12Si4. The van der Waals surface area contributed by atoms with Gasteiger partial charge in [0.1, 0.15) is 11.6 Å². The van der Waals surface area contributed by atoms with Crippen molar-refractivity contribution in [3.8, 4) is 0 Å². The number of hydrazine groups is 2. The molecule has 0 saturated carbocycles. The Morgan fingerprint density at radius 1 is 0.298 bits per heavy atom. The third-order valence-corrected chi connectivity index (χ3v) is 27.6. The summed E-state index contributed by atoms with van der Waals surface area (Å²) >= 11 is 0. The van der Waals surface area contributed by atoms with Crippen molar-refractivity contribution in [3.63, 3.8) is 0 Å². The number of hydrogen-bond acceptors (Lipinski definition) is 24. The summed E-state index contributed by atoms with van der Waals surface area (Å²) in [4.78, 5) is 29.0. The Balaban J connectivity index is 0.000000327. The van der Waals surface area contributed by atoms with Crippen molar-refractivity contribution in [1.82, 2.24) is 29.9 Å². The summed E-state index contributed by atoms with van der Waals surface area (Å²) in [5.74, 6) is 15.1. The maximum Gasteiger partial charge on any atom is 0.577 e. The fourth-order valence-corrected chi connectivity index (χ4v) is 21.7. The van der Waals surface area contributed by atoms with E-state index in [-0.39, 0.29) is 112 Å². The SMILES string of the molecule is CC(C)O[Si](OC(C)C)(OC(C)C)c1nc(CCN)nc(N(N)CC(C)[Si](OC(C)C)(OC(C)C)OC(C)C)n1.CC(CN(N)c1nc(CCN)nc([Si](OCc2ccccc2)(OCc2ccccc2)OCc2ccccc2)n1)[Si](OCc1ccccc1)(OCc1ccccc1)OCc1ccccc1. The summed E-state index contributed by atoms with van der Waals surface area (Å²) in [5.41, 5.74) is 17.7. The molecule has 0 fully saturated rings. The number of nitrogens with two attached hydrogens (primary N) is 4. The van der Waals surface area contributed by atoms with Gasteiger partial charge in [-0.15, -0.1) is 0 Å². The highest BCUT2D eigenvalue weighted by Crippen LogP contribution is 2.33. The van der Waals surface area contributed by atoms with Gasteiger partial charge in [0, 0.05) is 73.6 Å². The molecule has 2 atom stereocenters. The highest BCUT2D eigenvalue weighted by molar-refractivity contribution is 6.74. The average Bonchev–Trinajstić information content (AvgIpc) is 0.744. The molecule has 0 aliphatic carbocycles. The second-order valence-corrected chi connectivity index (χ2v) is 37.6. The van der Waals surface area contributed by atoms with Gasteiger partial charge in [-0.3, -0.25) is 10.0 Å². The van der Waals surface area contributed by atoms with E-state index in [1.54, 1.807) is 0 Å². The molecule has 0 spiro atoms. The standard InChI is InChI=1S/C50H56N6O6Si2.C26H56N6O6Si2/c1-41(63(57-35-42-20-8-2-9-21-42,58-36-43-22-10-3-11-23-43)59-37-44-24-12-4-13-25-44)34-56(52)49-53-48(32-33-51)54-50(55-49)64(60-38-45-26-14-5-15-27-45,61-39-46-28-16-6-17-29-46)62-40-47-30-18-7-19-31-47;1-17(2)33-39(34-18(3)4,35-19(5)6)23(13)16-32(28)25-29-24(14-15-27)30-26(31-25)40(36-20(7)8,37-21(9)10)38-22(11)12/h2-31,41H,32-40,51-52H2,1H3;17-23H,14-16,27-28H2,1-13H3. The van der Waals surface area contributed by atoms with Crippen LogP contribution in [0.5, 0.6) is 0 Å². The number of nitrogens with zero attached hydrogens (tertiary/aromatic N) is 8. The molecule has 564 valence electrons. The minimum absolute atomic E-state index is 0.0982. The van der Waals surface area contributed by atoms with E-state index in [1.807, 2.05) is 279 Å². The monoisotopic (exact) mass is 1500 g/mol. The molecular weight excluding hydrogens is 1390 g/mol. The molecule has 8 N–H and O–H groups in total.